The van der Waals surface area contributed by atoms with E-state index in [1.54, 1.807) is 0 Å². The zero-order valence-corrected chi connectivity index (χ0v) is 12.0. The minimum atomic E-state index is 0.0551. The van der Waals surface area contributed by atoms with Crippen LogP contribution in [0.1, 0.15) is 58.8 Å². The molecule has 1 aliphatic carbocycles. The molecule has 0 aromatic rings. The molecule has 0 aromatic carbocycles. The zero-order chi connectivity index (χ0) is 13.2. The van der Waals surface area contributed by atoms with Gasteiger partial charge in [0.15, 0.2) is 0 Å². The summed E-state index contributed by atoms with van der Waals surface area (Å²) in [6.45, 7) is 5.99. The average molecular weight is 252 g/mol. The van der Waals surface area contributed by atoms with E-state index in [2.05, 4.69) is 25.2 Å². The number of nitrogens with one attached hydrogen (secondary N) is 1. The summed E-state index contributed by atoms with van der Waals surface area (Å²) in [5, 5.41) is 2.91. The lowest BCUT2D eigenvalue weighted by molar-refractivity contribution is 0.200. The minimum Gasteiger partial charge on any atom is -0.325 e. The van der Waals surface area contributed by atoms with Crippen LogP contribution in [0.4, 0.5) is 4.79 Å². The van der Waals surface area contributed by atoms with E-state index in [1.165, 1.54) is 25.7 Å². The van der Waals surface area contributed by atoms with E-state index in [0.717, 1.165) is 32.4 Å². The van der Waals surface area contributed by atoms with Gasteiger partial charge in [0, 0.05) is 19.3 Å². The molecular weight excluding hydrogens is 224 g/mol. The van der Waals surface area contributed by atoms with Gasteiger partial charge >= 0.3 is 6.03 Å². The van der Waals surface area contributed by atoms with Gasteiger partial charge in [-0.2, -0.15) is 0 Å². The Morgan fingerprint density at radius 1 is 1.22 bits per heavy atom. The molecule has 0 atom stereocenters. The first kappa shape index (κ1) is 15.1. The smallest absolute Gasteiger partial charge is 0.321 e. The highest BCUT2D eigenvalue weighted by Gasteiger charge is 2.12. The predicted octanol–water partition coefficient (Wildman–Crippen LogP) is 3.91. The number of carbonyl (C=O) groups excluding carboxylic acids is 1. The summed E-state index contributed by atoms with van der Waals surface area (Å²) >= 11 is 0. The summed E-state index contributed by atoms with van der Waals surface area (Å²) < 4.78 is 0. The van der Waals surface area contributed by atoms with Crippen molar-refractivity contribution < 1.29 is 4.79 Å². The second kappa shape index (κ2) is 9.01. The van der Waals surface area contributed by atoms with Crippen LogP contribution in [0.2, 0.25) is 0 Å². The molecule has 104 valence electrons. The number of amides is 2. The van der Waals surface area contributed by atoms with Crippen molar-refractivity contribution in [3.63, 3.8) is 0 Å². The molecule has 2 amide bonds. The SMILES string of the molecule is CCCCN(CCC)C(=O)N/C=C/C1CCCC1. The summed E-state index contributed by atoms with van der Waals surface area (Å²) in [5.74, 6) is 0.681. The maximum Gasteiger partial charge on any atom is 0.321 e. The van der Waals surface area contributed by atoms with E-state index in [1.807, 2.05) is 11.1 Å². The largest absolute Gasteiger partial charge is 0.325 e. The molecule has 0 radical (unpaired) electrons. The van der Waals surface area contributed by atoms with Crippen molar-refractivity contribution in [2.45, 2.75) is 58.8 Å². The van der Waals surface area contributed by atoms with Gasteiger partial charge in [0.1, 0.15) is 0 Å². The summed E-state index contributed by atoms with van der Waals surface area (Å²) in [5.41, 5.74) is 0. The highest BCUT2D eigenvalue weighted by molar-refractivity contribution is 5.75. The number of carbonyl (C=O) groups is 1. The van der Waals surface area contributed by atoms with Crippen LogP contribution in [0, 0.1) is 5.92 Å². The fourth-order valence-electron chi connectivity index (χ4n) is 2.43. The summed E-state index contributed by atoms with van der Waals surface area (Å²) in [7, 11) is 0. The van der Waals surface area contributed by atoms with E-state index in [-0.39, 0.29) is 6.03 Å². The van der Waals surface area contributed by atoms with Crippen molar-refractivity contribution in [2.75, 3.05) is 13.1 Å². The topological polar surface area (TPSA) is 32.3 Å². The lowest BCUT2D eigenvalue weighted by Crippen LogP contribution is -2.38. The van der Waals surface area contributed by atoms with Crippen molar-refractivity contribution in [1.29, 1.82) is 0 Å². The fraction of sp³-hybridized carbons (Fsp3) is 0.800. The summed E-state index contributed by atoms with van der Waals surface area (Å²) in [6, 6.07) is 0.0551. The van der Waals surface area contributed by atoms with Gasteiger partial charge in [-0.15, -0.1) is 0 Å². The summed E-state index contributed by atoms with van der Waals surface area (Å²) in [6.07, 6.45) is 12.5. The number of hydrogen-bond acceptors (Lipinski definition) is 1. The highest BCUT2D eigenvalue weighted by Crippen LogP contribution is 2.25. The van der Waals surface area contributed by atoms with Gasteiger partial charge in [0.2, 0.25) is 0 Å². The van der Waals surface area contributed by atoms with E-state index in [4.69, 9.17) is 0 Å². The second-order valence-corrected chi connectivity index (χ2v) is 5.19. The van der Waals surface area contributed by atoms with Crippen LogP contribution in [0.15, 0.2) is 12.3 Å². The van der Waals surface area contributed by atoms with Crippen molar-refractivity contribution in [1.82, 2.24) is 10.2 Å². The number of allylic oxidation sites excluding steroid dienone is 1. The molecule has 3 heteroatoms. The van der Waals surface area contributed by atoms with Crippen LogP contribution in [0.25, 0.3) is 0 Å². The average Bonchev–Trinajstić information content (AvgIpc) is 2.87. The Labute approximate surface area is 112 Å². The second-order valence-electron chi connectivity index (χ2n) is 5.19. The molecule has 0 spiro atoms. The Hall–Kier alpha value is -0.990. The molecule has 3 nitrogen and oxygen atoms in total. The Morgan fingerprint density at radius 2 is 1.94 bits per heavy atom. The normalized spacial score (nSPS) is 16.3. The van der Waals surface area contributed by atoms with Crippen molar-refractivity contribution in [3.05, 3.63) is 12.3 Å². The molecule has 0 aliphatic heterocycles. The highest BCUT2D eigenvalue weighted by atomic mass is 16.2. The van der Waals surface area contributed by atoms with Gasteiger partial charge in [0.25, 0.3) is 0 Å². The molecule has 0 aromatic heterocycles. The number of hydrogen-bond donors (Lipinski definition) is 1. The third-order valence-corrected chi connectivity index (χ3v) is 3.54. The third-order valence-electron chi connectivity index (χ3n) is 3.54. The van der Waals surface area contributed by atoms with E-state index in [9.17, 15) is 4.79 Å². The number of urea groups is 1. The van der Waals surface area contributed by atoms with Crippen LogP contribution >= 0.6 is 0 Å². The number of nitrogens with zero attached hydrogens (tertiary/aromatic N) is 1. The van der Waals surface area contributed by atoms with Gasteiger partial charge in [-0.25, -0.2) is 4.79 Å². The molecule has 1 aliphatic rings. The van der Waals surface area contributed by atoms with Gasteiger partial charge in [-0.3, -0.25) is 0 Å². The minimum absolute atomic E-state index is 0.0551. The first-order valence-corrected chi connectivity index (χ1v) is 7.50. The Morgan fingerprint density at radius 3 is 2.56 bits per heavy atom. The molecule has 1 saturated carbocycles. The van der Waals surface area contributed by atoms with E-state index in [0.29, 0.717) is 5.92 Å². The molecule has 0 bridgehead atoms. The van der Waals surface area contributed by atoms with E-state index >= 15 is 0 Å². The van der Waals surface area contributed by atoms with Crippen molar-refractivity contribution in [2.24, 2.45) is 5.92 Å². The van der Waals surface area contributed by atoms with Crippen molar-refractivity contribution in [3.8, 4) is 0 Å². The Balaban J connectivity index is 2.30. The lowest BCUT2D eigenvalue weighted by Gasteiger charge is -2.21. The van der Waals surface area contributed by atoms with Gasteiger partial charge in [-0.1, -0.05) is 39.2 Å². The van der Waals surface area contributed by atoms with Crippen LogP contribution in [0.3, 0.4) is 0 Å². The first-order chi connectivity index (χ1) is 8.77. The van der Waals surface area contributed by atoms with Crippen LogP contribution < -0.4 is 5.32 Å². The molecule has 1 N–H and O–H groups in total. The maximum atomic E-state index is 12.0. The summed E-state index contributed by atoms with van der Waals surface area (Å²) in [4.78, 5) is 13.9. The lowest BCUT2D eigenvalue weighted by atomic mass is 10.1. The van der Waals surface area contributed by atoms with Crippen molar-refractivity contribution >= 4 is 6.03 Å². The number of unbranched alkanes of at least 4 members (excludes halogenated alkanes) is 1. The quantitative estimate of drug-likeness (QED) is 0.732. The van der Waals surface area contributed by atoms with E-state index < -0.39 is 0 Å². The molecule has 0 heterocycles. The van der Waals surface area contributed by atoms with Crippen LogP contribution in [-0.4, -0.2) is 24.0 Å². The van der Waals surface area contributed by atoms with Gasteiger partial charge < -0.3 is 10.2 Å². The zero-order valence-electron chi connectivity index (χ0n) is 12.0. The maximum absolute atomic E-state index is 12.0. The van der Waals surface area contributed by atoms with Gasteiger partial charge in [-0.05, 0) is 31.6 Å². The Bertz CT molecular complexity index is 257. The molecule has 18 heavy (non-hydrogen) atoms. The third kappa shape index (κ3) is 5.56. The van der Waals surface area contributed by atoms with Crippen LogP contribution in [0.5, 0.6) is 0 Å². The predicted molar refractivity (Wildman–Crippen MR) is 76.4 cm³/mol. The molecule has 0 unspecified atom stereocenters. The first-order valence-electron chi connectivity index (χ1n) is 7.50. The molecular formula is C15H28N2O. The van der Waals surface area contributed by atoms with Crippen LogP contribution in [-0.2, 0) is 0 Å². The van der Waals surface area contributed by atoms with Gasteiger partial charge in [0.05, 0.1) is 0 Å². The fourth-order valence-corrected chi connectivity index (χ4v) is 2.43. The number of rotatable bonds is 7. The molecule has 1 fully saturated rings. The molecule has 1 rings (SSSR count). The monoisotopic (exact) mass is 252 g/mol. The standard InChI is InChI=1S/C15H28N2O/c1-3-5-13-17(12-4-2)15(18)16-11-10-14-8-6-7-9-14/h10-11,14H,3-9,12-13H2,1-2H3,(H,16,18)/b11-10+. The molecule has 0 saturated heterocycles. The Kier molecular flexibility index (Phi) is 7.54.